The molecule has 0 aliphatic heterocycles. The van der Waals surface area contributed by atoms with Crippen molar-refractivity contribution in [2.75, 3.05) is 14.1 Å². The lowest BCUT2D eigenvalue weighted by atomic mass is 10.0. The predicted octanol–water partition coefficient (Wildman–Crippen LogP) is 3.33. The minimum Gasteiger partial charge on any atom is -0.341 e. The Balaban J connectivity index is 2.22. The van der Waals surface area contributed by atoms with Crippen molar-refractivity contribution >= 4 is 11.9 Å². The average molecular weight is 379 g/mol. The number of rotatable bonds is 5. The summed E-state index contributed by atoms with van der Waals surface area (Å²) in [5.74, 6) is -0.532. The second-order valence-corrected chi connectivity index (χ2v) is 5.99. The molecule has 0 fully saturated rings. The highest BCUT2D eigenvalue weighted by atomic mass is 19.4. The van der Waals surface area contributed by atoms with Gasteiger partial charge >= 0.3 is 12.2 Å². The molecular formula is C19H20F3N3O2. The Bertz CT molecular complexity index is 777. The summed E-state index contributed by atoms with van der Waals surface area (Å²) in [4.78, 5) is 25.7. The van der Waals surface area contributed by atoms with E-state index in [0.717, 1.165) is 12.1 Å². The molecule has 2 aromatic rings. The number of imide groups is 1. The van der Waals surface area contributed by atoms with Gasteiger partial charge in [-0.05, 0) is 30.3 Å². The fraction of sp³-hybridized carbons (Fsp3) is 0.263. The molecule has 27 heavy (non-hydrogen) atoms. The molecule has 1 atom stereocenters. The van der Waals surface area contributed by atoms with Crippen LogP contribution in [-0.4, -0.2) is 30.9 Å². The van der Waals surface area contributed by atoms with E-state index in [1.807, 2.05) is 0 Å². The molecule has 8 heteroatoms. The summed E-state index contributed by atoms with van der Waals surface area (Å²) in [6.45, 7) is 0.221. The van der Waals surface area contributed by atoms with Gasteiger partial charge in [-0.1, -0.05) is 42.5 Å². The van der Waals surface area contributed by atoms with E-state index in [-0.39, 0.29) is 6.54 Å². The van der Waals surface area contributed by atoms with E-state index < -0.39 is 29.7 Å². The lowest BCUT2D eigenvalue weighted by Gasteiger charge is -2.27. The molecule has 0 aromatic heterocycles. The molecule has 0 aliphatic carbocycles. The Labute approximate surface area is 155 Å². The first-order chi connectivity index (χ1) is 12.7. The van der Waals surface area contributed by atoms with Gasteiger partial charge in [0, 0.05) is 13.6 Å². The fourth-order valence-electron chi connectivity index (χ4n) is 2.66. The van der Waals surface area contributed by atoms with Crippen LogP contribution >= 0.6 is 0 Å². The smallest absolute Gasteiger partial charge is 0.341 e. The second kappa shape index (κ2) is 8.68. The normalized spacial score (nSPS) is 12.5. The third-order valence-electron chi connectivity index (χ3n) is 3.98. The van der Waals surface area contributed by atoms with Crippen LogP contribution in [0.25, 0.3) is 0 Å². The minimum atomic E-state index is -4.40. The van der Waals surface area contributed by atoms with Gasteiger partial charge in [-0.2, -0.15) is 13.2 Å². The summed E-state index contributed by atoms with van der Waals surface area (Å²) in [5.41, 5.74) is 0.540. The van der Waals surface area contributed by atoms with Crippen molar-refractivity contribution in [2.24, 2.45) is 0 Å². The number of hydrogen-bond donors (Lipinski definition) is 2. The average Bonchev–Trinajstić information content (AvgIpc) is 2.62. The maximum Gasteiger partial charge on any atom is 0.416 e. The zero-order valence-corrected chi connectivity index (χ0v) is 14.9. The molecule has 0 spiro atoms. The molecule has 3 amide bonds. The highest BCUT2D eigenvalue weighted by Gasteiger charge is 2.30. The quantitative estimate of drug-likeness (QED) is 0.838. The van der Waals surface area contributed by atoms with Crippen LogP contribution in [0.15, 0.2) is 54.6 Å². The number of halogens is 3. The zero-order valence-electron chi connectivity index (χ0n) is 14.9. The number of urea groups is 1. The molecule has 2 N–H and O–H groups in total. The van der Waals surface area contributed by atoms with Crippen LogP contribution in [-0.2, 0) is 17.5 Å². The summed E-state index contributed by atoms with van der Waals surface area (Å²) < 4.78 is 38.1. The van der Waals surface area contributed by atoms with Gasteiger partial charge in [0.15, 0.2) is 0 Å². The summed E-state index contributed by atoms with van der Waals surface area (Å²) >= 11 is 0. The number of hydrogen-bond acceptors (Lipinski definition) is 3. The van der Waals surface area contributed by atoms with Crippen LogP contribution in [0.3, 0.4) is 0 Å². The highest BCUT2D eigenvalue weighted by molar-refractivity contribution is 5.97. The SMILES string of the molecule is CNC(=O)NC(=O)[C@H](c1ccccc1)N(C)Cc1ccc(C(F)(F)F)cc1. The molecular weight excluding hydrogens is 359 g/mol. The molecule has 0 unspecified atom stereocenters. The summed E-state index contributed by atoms with van der Waals surface area (Å²) in [6, 6.07) is 12.2. The van der Waals surface area contributed by atoms with Gasteiger partial charge in [-0.25, -0.2) is 4.79 Å². The number of carbonyl (C=O) groups is 2. The van der Waals surface area contributed by atoms with E-state index in [1.165, 1.54) is 19.2 Å². The standard InChI is InChI=1S/C19H20F3N3O2/c1-23-18(27)24-17(26)16(14-6-4-3-5-7-14)25(2)12-13-8-10-15(11-9-13)19(20,21)22/h3-11,16H,12H2,1-2H3,(H2,23,24,26,27)/t16-/m0/s1. The van der Waals surface area contributed by atoms with E-state index in [9.17, 15) is 22.8 Å². The molecule has 0 radical (unpaired) electrons. The molecule has 0 aliphatic rings. The van der Waals surface area contributed by atoms with E-state index in [0.29, 0.717) is 11.1 Å². The number of nitrogens with one attached hydrogen (secondary N) is 2. The van der Waals surface area contributed by atoms with Crippen LogP contribution < -0.4 is 10.6 Å². The third-order valence-corrected chi connectivity index (χ3v) is 3.98. The summed E-state index contributed by atoms with van der Waals surface area (Å²) in [6.07, 6.45) is -4.40. The number of carbonyl (C=O) groups excluding carboxylic acids is 2. The third kappa shape index (κ3) is 5.55. The number of nitrogens with zero attached hydrogens (tertiary/aromatic N) is 1. The molecule has 2 rings (SSSR count). The van der Waals surface area contributed by atoms with E-state index in [4.69, 9.17) is 0 Å². The Morgan fingerprint density at radius 2 is 1.63 bits per heavy atom. The topological polar surface area (TPSA) is 61.4 Å². The van der Waals surface area contributed by atoms with Crippen LogP contribution in [0.1, 0.15) is 22.7 Å². The van der Waals surface area contributed by atoms with Crippen LogP contribution in [0, 0.1) is 0 Å². The van der Waals surface area contributed by atoms with Crippen LogP contribution in [0.4, 0.5) is 18.0 Å². The van der Waals surface area contributed by atoms with E-state index >= 15 is 0 Å². The van der Waals surface area contributed by atoms with E-state index in [1.54, 1.807) is 42.3 Å². The van der Waals surface area contributed by atoms with Gasteiger partial charge in [0.25, 0.3) is 0 Å². The van der Waals surface area contributed by atoms with Gasteiger partial charge in [0.2, 0.25) is 5.91 Å². The predicted molar refractivity (Wildman–Crippen MR) is 94.7 cm³/mol. The first-order valence-electron chi connectivity index (χ1n) is 8.16. The fourth-order valence-corrected chi connectivity index (χ4v) is 2.66. The number of amides is 3. The largest absolute Gasteiger partial charge is 0.416 e. The molecule has 0 heterocycles. The summed E-state index contributed by atoms with van der Waals surface area (Å²) in [5, 5.41) is 4.56. The second-order valence-electron chi connectivity index (χ2n) is 5.99. The Morgan fingerprint density at radius 3 is 2.15 bits per heavy atom. The summed E-state index contributed by atoms with van der Waals surface area (Å²) in [7, 11) is 3.06. The number of alkyl halides is 3. The van der Waals surface area contributed by atoms with Gasteiger partial charge < -0.3 is 5.32 Å². The molecule has 0 saturated carbocycles. The molecule has 0 bridgehead atoms. The molecule has 2 aromatic carbocycles. The lowest BCUT2D eigenvalue weighted by molar-refractivity contribution is -0.137. The van der Waals surface area contributed by atoms with Gasteiger partial charge in [-0.3, -0.25) is 15.0 Å². The first-order valence-corrected chi connectivity index (χ1v) is 8.16. The monoisotopic (exact) mass is 379 g/mol. The van der Waals surface area contributed by atoms with Gasteiger partial charge in [-0.15, -0.1) is 0 Å². The highest BCUT2D eigenvalue weighted by Crippen LogP contribution is 2.29. The van der Waals surface area contributed by atoms with E-state index in [2.05, 4.69) is 10.6 Å². The van der Waals surface area contributed by atoms with Crippen molar-refractivity contribution in [1.82, 2.24) is 15.5 Å². The number of benzene rings is 2. The van der Waals surface area contributed by atoms with Crippen LogP contribution in [0.2, 0.25) is 0 Å². The maximum absolute atomic E-state index is 12.7. The Hall–Kier alpha value is -2.87. The maximum atomic E-state index is 12.7. The van der Waals surface area contributed by atoms with Crippen molar-refractivity contribution in [2.45, 2.75) is 18.8 Å². The minimum absolute atomic E-state index is 0.221. The van der Waals surface area contributed by atoms with Crippen LogP contribution in [0.5, 0.6) is 0 Å². The lowest BCUT2D eigenvalue weighted by Crippen LogP contribution is -2.44. The molecule has 0 saturated heterocycles. The van der Waals surface area contributed by atoms with Crippen molar-refractivity contribution < 1.29 is 22.8 Å². The Morgan fingerprint density at radius 1 is 1.04 bits per heavy atom. The molecule has 5 nitrogen and oxygen atoms in total. The Kier molecular flexibility index (Phi) is 6.57. The number of likely N-dealkylation sites (N-methyl/N-ethyl adjacent to an activating group) is 1. The van der Waals surface area contributed by atoms with Crippen molar-refractivity contribution in [3.8, 4) is 0 Å². The van der Waals surface area contributed by atoms with Gasteiger partial charge in [0.1, 0.15) is 6.04 Å². The van der Waals surface area contributed by atoms with Gasteiger partial charge in [0.05, 0.1) is 5.56 Å². The zero-order chi connectivity index (χ0) is 20.0. The van der Waals surface area contributed by atoms with Crippen molar-refractivity contribution in [1.29, 1.82) is 0 Å². The first kappa shape index (κ1) is 20.4. The van der Waals surface area contributed by atoms with Crippen molar-refractivity contribution in [3.63, 3.8) is 0 Å². The molecule has 144 valence electrons. The van der Waals surface area contributed by atoms with Crippen molar-refractivity contribution in [3.05, 3.63) is 71.3 Å².